The molecule has 0 unspecified atom stereocenters. The predicted octanol–water partition coefficient (Wildman–Crippen LogP) is 1.03. The molecule has 96 valence electrons. The van der Waals surface area contributed by atoms with E-state index < -0.39 is 0 Å². The van der Waals surface area contributed by atoms with Crippen molar-refractivity contribution in [3.05, 3.63) is 10.5 Å². The second-order valence-electron chi connectivity index (χ2n) is 3.79. The second kappa shape index (κ2) is 6.48. The van der Waals surface area contributed by atoms with Gasteiger partial charge in [-0.25, -0.2) is 9.89 Å². The lowest BCUT2D eigenvalue weighted by atomic mass is 10.5. The van der Waals surface area contributed by atoms with Gasteiger partial charge in [0, 0.05) is 6.54 Å². The normalized spacial score (nSPS) is 10.8. The van der Waals surface area contributed by atoms with E-state index in [0.29, 0.717) is 11.7 Å². The van der Waals surface area contributed by atoms with Crippen molar-refractivity contribution in [1.82, 2.24) is 14.8 Å². The Morgan fingerprint density at radius 3 is 2.88 bits per heavy atom. The summed E-state index contributed by atoms with van der Waals surface area (Å²) >= 11 is 1.20. The van der Waals surface area contributed by atoms with Crippen molar-refractivity contribution in [2.24, 2.45) is 0 Å². The van der Waals surface area contributed by atoms with Gasteiger partial charge in [0.1, 0.15) is 0 Å². The van der Waals surface area contributed by atoms with Crippen molar-refractivity contribution in [3.63, 3.8) is 0 Å². The van der Waals surface area contributed by atoms with Crippen LogP contribution in [0.3, 0.4) is 0 Å². The Kier molecular flexibility index (Phi) is 5.27. The number of aromatic nitrogens is 3. The first kappa shape index (κ1) is 13.8. The Morgan fingerprint density at radius 2 is 2.29 bits per heavy atom. The van der Waals surface area contributed by atoms with E-state index in [2.05, 4.69) is 10.2 Å². The van der Waals surface area contributed by atoms with Crippen LogP contribution in [0.2, 0.25) is 0 Å². The molecule has 0 saturated heterocycles. The average molecular weight is 259 g/mol. The number of aromatic amines is 1. The van der Waals surface area contributed by atoms with Crippen LogP contribution in [0.15, 0.2) is 9.95 Å². The molecule has 0 radical (unpaired) electrons. The highest BCUT2D eigenvalue weighted by molar-refractivity contribution is 7.99. The zero-order valence-electron chi connectivity index (χ0n) is 10.2. The first-order chi connectivity index (χ1) is 8.04. The first-order valence-electron chi connectivity index (χ1n) is 5.52. The summed E-state index contributed by atoms with van der Waals surface area (Å²) in [5.41, 5.74) is -0.244. The van der Waals surface area contributed by atoms with Crippen LogP contribution in [0.1, 0.15) is 27.2 Å². The number of hydrogen-bond donors (Lipinski definition) is 1. The summed E-state index contributed by atoms with van der Waals surface area (Å²) in [5, 5.41) is 6.76. The SMILES string of the molecule is CCCn1c(SCC(=O)OC(C)C)n[nH]c1=O. The maximum absolute atomic E-state index is 11.4. The van der Waals surface area contributed by atoms with Crippen molar-refractivity contribution in [1.29, 1.82) is 0 Å². The second-order valence-corrected chi connectivity index (χ2v) is 4.73. The summed E-state index contributed by atoms with van der Waals surface area (Å²) in [4.78, 5) is 22.7. The smallest absolute Gasteiger partial charge is 0.343 e. The van der Waals surface area contributed by atoms with Gasteiger partial charge in [-0.3, -0.25) is 9.36 Å². The fourth-order valence-corrected chi connectivity index (χ4v) is 2.01. The van der Waals surface area contributed by atoms with Crippen LogP contribution >= 0.6 is 11.8 Å². The monoisotopic (exact) mass is 259 g/mol. The van der Waals surface area contributed by atoms with Gasteiger partial charge in [-0.1, -0.05) is 18.7 Å². The number of nitrogens with one attached hydrogen (secondary N) is 1. The van der Waals surface area contributed by atoms with Crippen LogP contribution in [0.4, 0.5) is 0 Å². The Bertz CT molecular complexity index is 425. The highest BCUT2D eigenvalue weighted by Crippen LogP contribution is 2.13. The van der Waals surface area contributed by atoms with Gasteiger partial charge < -0.3 is 4.74 Å². The highest BCUT2D eigenvalue weighted by atomic mass is 32.2. The van der Waals surface area contributed by atoms with E-state index in [1.165, 1.54) is 16.3 Å². The lowest BCUT2D eigenvalue weighted by molar-refractivity contribution is -0.144. The molecule has 1 aromatic rings. The van der Waals surface area contributed by atoms with Gasteiger partial charge in [0.15, 0.2) is 5.16 Å². The maximum atomic E-state index is 11.4. The topological polar surface area (TPSA) is 77.0 Å². The summed E-state index contributed by atoms with van der Waals surface area (Å²) < 4.78 is 6.51. The van der Waals surface area contributed by atoms with E-state index in [0.717, 1.165) is 6.42 Å². The Hall–Kier alpha value is -1.24. The van der Waals surface area contributed by atoms with Crippen LogP contribution in [0.25, 0.3) is 0 Å². The van der Waals surface area contributed by atoms with Crippen LogP contribution in [0.5, 0.6) is 0 Å². The molecule has 0 bridgehead atoms. The molecule has 0 atom stereocenters. The van der Waals surface area contributed by atoms with Gasteiger partial charge in [0.05, 0.1) is 11.9 Å². The van der Waals surface area contributed by atoms with Crippen LogP contribution in [0, 0.1) is 0 Å². The summed E-state index contributed by atoms with van der Waals surface area (Å²) in [7, 11) is 0. The average Bonchev–Trinajstić information content (AvgIpc) is 2.57. The summed E-state index contributed by atoms with van der Waals surface area (Å²) in [6.45, 7) is 6.16. The molecule has 0 spiro atoms. The van der Waals surface area contributed by atoms with Crippen LogP contribution in [-0.2, 0) is 16.1 Å². The maximum Gasteiger partial charge on any atom is 0.343 e. The molecule has 0 aliphatic rings. The third-order valence-electron chi connectivity index (χ3n) is 1.86. The minimum atomic E-state index is -0.302. The van der Waals surface area contributed by atoms with Crippen LogP contribution in [-0.4, -0.2) is 32.6 Å². The van der Waals surface area contributed by atoms with E-state index in [-0.39, 0.29) is 23.5 Å². The fraction of sp³-hybridized carbons (Fsp3) is 0.700. The molecular weight excluding hydrogens is 242 g/mol. The lowest BCUT2D eigenvalue weighted by Crippen LogP contribution is -2.18. The number of nitrogens with zero attached hydrogens (tertiary/aromatic N) is 2. The van der Waals surface area contributed by atoms with Gasteiger partial charge >= 0.3 is 11.7 Å². The van der Waals surface area contributed by atoms with Crippen molar-refractivity contribution in [2.45, 2.75) is 45.0 Å². The molecule has 0 saturated carbocycles. The highest BCUT2D eigenvalue weighted by Gasteiger charge is 2.12. The van der Waals surface area contributed by atoms with E-state index in [1.807, 2.05) is 6.92 Å². The number of hydrogen-bond acceptors (Lipinski definition) is 5. The fourth-order valence-electron chi connectivity index (χ4n) is 1.25. The molecule has 1 aromatic heterocycles. The molecule has 0 aliphatic heterocycles. The van der Waals surface area contributed by atoms with Gasteiger partial charge in [0.25, 0.3) is 0 Å². The molecule has 0 aromatic carbocycles. The third-order valence-corrected chi connectivity index (χ3v) is 2.81. The number of rotatable bonds is 6. The Balaban J connectivity index is 2.57. The number of carbonyl (C=O) groups is 1. The molecule has 1 rings (SSSR count). The van der Waals surface area contributed by atoms with Crippen molar-refractivity contribution < 1.29 is 9.53 Å². The summed E-state index contributed by atoms with van der Waals surface area (Å²) in [6, 6.07) is 0. The van der Waals surface area contributed by atoms with Crippen LogP contribution < -0.4 is 5.69 Å². The number of ether oxygens (including phenoxy) is 1. The van der Waals surface area contributed by atoms with Gasteiger partial charge in [-0.05, 0) is 20.3 Å². The van der Waals surface area contributed by atoms with E-state index in [9.17, 15) is 9.59 Å². The van der Waals surface area contributed by atoms with Gasteiger partial charge in [0.2, 0.25) is 0 Å². The number of H-pyrrole nitrogens is 1. The minimum Gasteiger partial charge on any atom is -0.462 e. The van der Waals surface area contributed by atoms with Crippen molar-refractivity contribution in [2.75, 3.05) is 5.75 Å². The molecule has 0 aliphatic carbocycles. The molecule has 7 heteroatoms. The molecule has 1 N–H and O–H groups in total. The molecule has 6 nitrogen and oxygen atoms in total. The number of carbonyl (C=O) groups excluding carboxylic acids is 1. The first-order valence-corrected chi connectivity index (χ1v) is 6.50. The van der Waals surface area contributed by atoms with Crippen molar-refractivity contribution >= 4 is 17.7 Å². The van der Waals surface area contributed by atoms with E-state index >= 15 is 0 Å². The predicted molar refractivity (Wildman–Crippen MR) is 65.1 cm³/mol. The third kappa shape index (κ3) is 4.26. The largest absolute Gasteiger partial charge is 0.462 e. The number of esters is 1. The Labute approximate surface area is 104 Å². The molecule has 0 fully saturated rings. The quantitative estimate of drug-likeness (QED) is 0.610. The van der Waals surface area contributed by atoms with E-state index in [1.54, 1.807) is 13.8 Å². The molecule has 17 heavy (non-hydrogen) atoms. The summed E-state index contributed by atoms with van der Waals surface area (Å²) in [6.07, 6.45) is 0.712. The lowest BCUT2D eigenvalue weighted by Gasteiger charge is -2.07. The minimum absolute atomic E-state index is 0.125. The Morgan fingerprint density at radius 1 is 1.59 bits per heavy atom. The molecule has 0 amide bonds. The molecular formula is C10H17N3O3S. The standard InChI is InChI=1S/C10H17N3O3S/c1-4-5-13-9(15)11-12-10(13)17-6-8(14)16-7(2)3/h7H,4-6H2,1-3H3,(H,11,15). The van der Waals surface area contributed by atoms with Gasteiger partial charge in [-0.15, -0.1) is 5.10 Å². The van der Waals surface area contributed by atoms with Gasteiger partial charge in [-0.2, -0.15) is 0 Å². The summed E-state index contributed by atoms with van der Waals surface area (Å²) in [5.74, 6) is -0.143. The zero-order valence-corrected chi connectivity index (χ0v) is 11.0. The zero-order chi connectivity index (χ0) is 12.8. The molecule has 1 heterocycles. The van der Waals surface area contributed by atoms with Crippen molar-refractivity contribution in [3.8, 4) is 0 Å². The number of thioether (sulfide) groups is 1. The van der Waals surface area contributed by atoms with E-state index in [4.69, 9.17) is 4.74 Å².